The van der Waals surface area contributed by atoms with Gasteiger partial charge in [0.15, 0.2) is 9.84 Å². The fraction of sp³-hybridized carbons (Fsp3) is 0.750. The molecule has 0 bridgehead atoms. The number of nitrogens with zero attached hydrogens (tertiary/aromatic N) is 2. The fourth-order valence-electron chi connectivity index (χ4n) is 1.24. The molecule has 0 radical (unpaired) electrons. The van der Waals surface area contributed by atoms with E-state index in [1.807, 2.05) is 6.07 Å². The molecule has 0 unspecified atom stereocenters. The van der Waals surface area contributed by atoms with E-state index in [0.717, 1.165) is 4.90 Å². The van der Waals surface area contributed by atoms with Gasteiger partial charge in [-0.1, -0.05) is 0 Å². The van der Waals surface area contributed by atoms with Crippen LogP contribution in [0, 0.1) is 11.3 Å². The summed E-state index contributed by atoms with van der Waals surface area (Å²) in [5.41, 5.74) is -0.778. The van der Waals surface area contributed by atoms with Gasteiger partial charge in [-0.3, -0.25) is 9.59 Å². The van der Waals surface area contributed by atoms with Crippen LogP contribution in [0.3, 0.4) is 0 Å². The molecule has 0 aliphatic heterocycles. The third kappa shape index (κ3) is 8.48. The van der Waals surface area contributed by atoms with E-state index >= 15 is 0 Å². The van der Waals surface area contributed by atoms with Crippen LogP contribution in [0.25, 0.3) is 0 Å². The minimum absolute atomic E-state index is 0.119. The summed E-state index contributed by atoms with van der Waals surface area (Å²) in [6, 6.07) is 1.86. The van der Waals surface area contributed by atoms with E-state index in [4.69, 9.17) is 10.00 Å². The number of sulfone groups is 1. The summed E-state index contributed by atoms with van der Waals surface area (Å²) in [7, 11) is -2.47. The highest BCUT2D eigenvalue weighted by molar-refractivity contribution is 7.92. The maximum atomic E-state index is 11.7. The van der Waals surface area contributed by atoms with E-state index in [2.05, 4.69) is 0 Å². The lowest BCUT2D eigenvalue weighted by Crippen LogP contribution is -2.36. The van der Waals surface area contributed by atoms with Gasteiger partial charge in [-0.25, -0.2) is 8.42 Å². The zero-order valence-electron chi connectivity index (χ0n) is 12.2. The molecule has 0 atom stereocenters. The number of esters is 1. The summed E-state index contributed by atoms with van der Waals surface area (Å²) in [6.07, 6.45) is 0.119. The van der Waals surface area contributed by atoms with Gasteiger partial charge >= 0.3 is 5.97 Å². The Kier molecular flexibility index (Phi) is 6.65. The quantitative estimate of drug-likeness (QED) is 0.645. The summed E-state index contributed by atoms with van der Waals surface area (Å²) in [5, 5.41) is 8.39. The first kappa shape index (κ1) is 18.4. The van der Waals surface area contributed by atoms with Crippen LogP contribution in [-0.2, 0) is 24.2 Å². The van der Waals surface area contributed by atoms with Crippen LogP contribution in [0.2, 0.25) is 0 Å². The van der Waals surface area contributed by atoms with Crippen LogP contribution in [0.1, 0.15) is 27.2 Å². The van der Waals surface area contributed by atoms with E-state index in [-0.39, 0.29) is 13.0 Å². The molecule has 8 heteroatoms. The lowest BCUT2D eigenvalue weighted by atomic mass is 10.2. The highest BCUT2D eigenvalue weighted by Crippen LogP contribution is 2.08. The molecule has 0 aromatic carbocycles. The van der Waals surface area contributed by atoms with Crippen molar-refractivity contribution >= 4 is 21.7 Å². The Morgan fingerprint density at radius 1 is 1.25 bits per heavy atom. The van der Waals surface area contributed by atoms with Crippen molar-refractivity contribution in [2.75, 3.05) is 25.1 Å². The monoisotopic (exact) mass is 304 g/mol. The van der Waals surface area contributed by atoms with Gasteiger partial charge in [-0.15, -0.1) is 0 Å². The summed E-state index contributed by atoms with van der Waals surface area (Å²) in [4.78, 5) is 24.2. The van der Waals surface area contributed by atoms with Gasteiger partial charge in [0.1, 0.15) is 17.1 Å². The first-order valence-corrected chi connectivity index (χ1v) is 7.82. The topological polar surface area (TPSA) is 105 Å². The summed E-state index contributed by atoms with van der Waals surface area (Å²) < 4.78 is 28.3. The number of carbonyl (C=O) groups is 2. The zero-order chi connectivity index (χ0) is 16.0. The molecular weight excluding hydrogens is 284 g/mol. The Balaban J connectivity index is 4.50. The first-order valence-electron chi connectivity index (χ1n) is 6.00. The Morgan fingerprint density at radius 3 is 2.25 bits per heavy atom. The van der Waals surface area contributed by atoms with Gasteiger partial charge < -0.3 is 9.64 Å². The Bertz CT molecular complexity index is 499. The standard InChI is InChI=1S/C12H20N2O5S/c1-12(2,3)19-11(16)9-20(17,18)8-10(15)14(4)7-5-6-13/h5,7-9H2,1-4H3. The van der Waals surface area contributed by atoms with Gasteiger partial charge in [0, 0.05) is 13.6 Å². The number of rotatable bonds is 6. The maximum Gasteiger partial charge on any atom is 0.321 e. The third-order valence-electron chi connectivity index (χ3n) is 2.09. The van der Waals surface area contributed by atoms with E-state index in [9.17, 15) is 18.0 Å². The molecule has 1 amide bonds. The second kappa shape index (κ2) is 7.24. The van der Waals surface area contributed by atoms with Gasteiger partial charge in [0.05, 0.1) is 12.5 Å². The Hall–Kier alpha value is -1.62. The smallest absolute Gasteiger partial charge is 0.321 e. The van der Waals surface area contributed by atoms with Crippen LogP contribution in [0.4, 0.5) is 0 Å². The Labute approximate surface area is 119 Å². The van der Waals surface area contributed by atoms with Crippen LogP contribution >= 0.6 is 0 Å². The van der Waals surface area contributed by atoms with Crippen LogP contribution in [0.15, 0.2) is 0 Å². The molecule has 0 saturated carbocycles. The highest BCUT2D eigenvalue weighted by Gasteiger charge is 2.26. The van der Waals surface area contributed by atoms with E-state index in [1.165, 1.54) is 7.05 Å². The molecule has 0 aliphatic rings. The van der Waals surface area contributed by atoms with Crippen LogP contribution < -0.4 is 0 Å². The average Bonchev–Trinajstić information content (AvgIpc) is 2.20. The number of amides is 1. The highest BCUT2D eigenvalue weighted by atomic mass is 32.2. The normalized spacial score (nSPS) is 11.6. The van der Waals surface area contributed by atoms with E-state index in [1.54, 1.807) is 20.8 Å². The Morgan fingerprint density at radius 2 is 1.80 bits per heavy atom. The molecule has 0 fully saturated rings. The molecule has 0 rings (SSSR count). The predicted octanol–water partition coefficient (Wildman–Crippen LogP) is 0.115. The molecule has 0 aromatic rings. The summed E-state index contributed by atoms with van der Waals surface area (Å²) in [5.74, 6) is -3.13. The fourth-order valence-corrected chi connectivity index (χ4v) is 2.36. The number of nitriles is 1. The summed E-state index contributed by atoms with van der Waals surface area (Å²) in [6.45, 7) is 5.02. The molecule has 20 heavy (non-hydrogen) atoms. The van der Waals surface area contributed by atoms with Crippen molar-refractivity contribution in [2.24, 2.45) is 0 Å². The number of carbonyl (C=O) groups excluding carboxylic acids is 2. The van der Waals surface area contributed by atoms with Crippen molar-refractivity contribution in [2.45, 2.75) is 32.8 Å². The maximum absolute atomic E-state index is 11.7. The second-order valence-electron chi connectivity index (χ2n) is 5.34. The second-order valence-corrected chi connectivity index (χ2v) is 7.41. The van der Waals surface area contributed by atoms with Gasteiger partial charge in [-0.2, -0.15) is 5.26 Å². The molecule has 0 spiro atoms. The van der Waals surface area contributed by atoms with Crippen LogP contribution in [0.5, 0.6) is 0 Å². The molecule has 7 nitrogen and oxygen atoms in total. The number of hydrogen-bond donors (Lipinski definition) is 0. The largest absolute Gasteiger partial charge is 0.459 e. The predicted molar refractivity (Wildman–Crippen MR) is 72.4 cm³/mol. The van der Waals surface area contributed by atoms with Crippen molar-refractivity contribution in [3.05, 3.63) is 0 Å². The SMILES string of the molecule is CN(CCC#N)C(=O)CS(=O)(=O)CC(=O)OC(C)(C)C. The van der Waals surface area contributed by atoms with Crippen molar-refractivity contribution in [3.8, 4) is 6.07 Å². The zero-order valence-corrected chi connectivity index (χ0v) is 13.0. The molecule has 114 valence electrons. The third-order valence-corrected chi connectivity index (χ3v) is 3.45. The number of ether oxygens (including phenoxy) is 1. The molecular formula is C12H20N2O5S. The minimum Gasteiger partial charge on any atom is -0.459 e. The van der Waals surface area contributed by atoms with Gasteiger partial charge in [0.2, 0.25) is 5.91 Å². The van der Waals surface area contributed by atoms with Crippen molar-refractivity contribution in [1.29, 1.82) is 5.26 Å². The van der Waals surface area contributed by atoms with Crippen molar-refractivity contribution < 1.29 is 22.7 Å². The lowest BCUT2D eigenvalue weighted by Gasteiger charge is -2.19. The van der Waals surface area contributed by atoms with Gasteiger partial charge in [-0.05, 0) is 20.8 Å². The van der Waals surface area contributed by atoms with Crippen molar-refractivity contribution in [3.63, 3.8) is 0 Å². The molecule has 0 N–H and O–H groups in total. The first-order chi connectivity index (χ1) is 8.97. The van der Waals surface area contributed by atoms with Crippen molar-refractivity contribution in [1.82, 2.24) is 4.90 Å². The number of hydrogen-bond acceptors (Lipinski definition) is 6. The summed E-state index contributed by atoms with van der Waals surface area (Å²) >= 11 is 0. The molecule has 0 aliphatic carbocycles. The van der Waals surface area contributed by atoms with Gasteiger partial charge in [0.25, 0.3) is 0 Å². The lowest BCUT2D eigenvalue weighted by molar-refractivity contribution is -0.151. The average molecular weight is 304 g/mol. The molecule has 0 saturated heterocycles. The molecule has 0 heterocycles. The minimum atomic E-state index is -3.87. The van der Waals surface area contributed by atoms with E-state index < -0.39 is 38.8 Å². The molecule has 0 aromatic heterocycles. The van der Waals surface area contributed by atoms with Crippen LogP contribution in [-0.4, -0.2) is 55.9 Å². The van der Waals surface area contributed by atoms with E-state index in [0.29, 0.717) is 0 Å².